The standard InChI is InChI=1S/C14H28N2/c1-10-2-3-12(9-14(10)16)8-11-4-6-13(15)7-5-11/h10-14H,2-9,15-16H2,1H3. The van der Waals surface area contributed by atoms with E-state index >= 15 is 0 Å². The van der Waals surface area contributed by atoms with Gasteiger partial charge in [0.05, 0.1) is 0 Å². The summed E-state index contributed by atoms with van der Waals surface area (Å²) >= 11 is 0. The first kappa shape index (κ1) is 12.4. The van der Waals surface area contributed by atoms with Gasteiger partial charge in [0.25, 0.3) is 0 Å². The van der Waals surface area contributed by atoms with E-state index in [-0.39, 0.29) is 0 Å². The van der Waals surface area contributed by atoms with Gasteiger partial charge in [-0.1, -0.05) is 13.3 Å². The first-order valence-electron chi connectivity index (χ1n) is 7.16. The lowest BCUT2D eigenvalue weighted by Crippen LogP contribution is -2.36. The summed E-state index contributed by atoms with van der Waals surface area (Å²) in [4.78, 5) is 0. The highest BCUT2D eigenvalue weighted by Crippen LogP contribution is 2.36. The molecule has 0 bridgehead atoms. The van der Waals surface area contributed by atoms with Crippen molar-refractivity contribution in [3.63, 3.8) is 0 Å². The fourth-order valence-electron chi connectivity index (χ4n) is 3.56. The summed E-state index contributed by atoms with van der Waals surface area (Å²) in [5.41, 5.74) is 12.1. The highest BCUT2D eigenvalue weighted by Gasteiger charge is 2.28. The van der Waals surface area contributed by atoms with Crippen LogP contribution >= 0.6 is 0 Å². The van der Waals surface area contributed by atoms with Gasteiger partial charge in [-0.2, -0.15) is 0 Å². The Balaban J connectivity index is 1.73. The molecule has 0 spiro atoms. The van der Waals surface area contributed by atoms with E-state index in [1.165, 1.54) is 51.4 Å². The summed E-state index contributed by atoms with van der Waals surface area (Å²) in [6.45, 7) is 2.31. The Morgan fingerprint density at radius 1 is 0.875 bits per heavy atom. The Kier molecular flexibility index (Phi) is 4.26. The third kappa shape index (κ3) is 3.21. The van der Waals surface area contributed by atoms with Crippen LogP contribution < -0.4 is 11.5 Å². The summed E-state index contributed by atoms with van der Waals surface area (Å²) in [7, 11) is 0. The fraction of sp³-hybridized carbons (Fsp3) is 1.00. The molecule has 0 aromatic carbocycles. The minimum Gasteiger partial charge on any atom is -0.328 e. The van der Waals surface area contributed by atoms with Crippen LogP contribution in [0.5, 0.6) is 0 Å². The molecule has 2 rings (SSSR count). The molecule has 0 amide bonds. The number of hydrogen-bond donors (Lipinski definition) is 2. The van der Waals surface area contributed by atoms with Crippen molar-refractivity contribution in [3.8, 4) is 0 Å². The SMILES string of the molecule is CC1CCC(CC2CCC(N)CC2)CC1N. The Morgan fingerprint density at radius 2 is 1.50 bits per heavy atom. The molecule has 3 atom stereocenters. The molecule has 2 aliphatic carbocycles. The van der Waals surface area contributed by atoms with Gasteiger partial charge in [-0.15, -0.1) is 0 Å². The second-order valence-electron chi connectivity index (χ2n) is 6.34. The van der Waals surface area contributed by atoms with Crippen LogP contribution in [0.1, 0.15) is 58.3 Å². The molecule has 2 aliphatic rings. The molecule has 0 aromatic heterocycles. The average Bonchev–Trinajstić information content (AvgIpc) is 2.27. The van der Waals surface area contributed by atoms with E-state index in [0.29, 0.717) is 12.1 Å². The highest BCUT2D eigenvalue weighted by molar-refractivity contribution is 4.83. The van der Waals surface area contributed by atoms with Gasteiger partial charge in [-0.25, -0.2) is 0 Å². The van der Waals surface area contributed by atoms with Crippen molar-refractivity contribution < 1.29 is 0 Å². The third-order valence-electron chi connectivity index (χ3n) is 4.92. The summed E-state index contributed by atoms with van der Waals surface area (Å²) in [5.74, 6) is 2.60. The smallest absolute Gasteiger partial charge is 0.00671 e. The summed E-state index contributed by atoms with van der Waals surface area (Å²) < 4.78 is 0. The van der Waals surface area contributed by atoms with Crippen LogP contribution in [0.2, 0.25) is 0 Å². The predicted octanol–water partition coefficient (Wildman–Crippen LogP) is 2.66. The Morgan fingerprint density at radius 3 is 2.12 bits per heavy atom. The molecule has 4 N–H and O–H groups in total. The van der Waals surface area contributed by atoms with Crippen LogP contribution in [0.3, 0.4) is 0 Å². The predicted molar refractivity (Wildman–Crippen MR) is 69.0 cm³/mol. The Hall–Kier alpha value is -0.0800. The second kappa shape index (κ2) is 5.50. The molecule has 16 heavy (non-hydrogen) atoms. The molecule has 0 saturated heterocycles. The van der Waals surface area contributed by atoms with Crippen molar-refractivity contribution in [2.24, 2.45) is 29.2 Å². The number of rotatable bonds is 2. The van der Waals surface area contributed by atoms with E-state index in [2.05, 4.69) is 6.92 Å². The lowest BCUT2D eigenvalue weighted by molar-refractivity contribution is 0.193. The van der Waals surface area contributed by atoms with Crippen LogP contribution in [0.15, 0.2) is 0 Å². The van der Waals surface area contributed by atoms with Gasteiger partial charge >= 0.3 is 0 Å². The van der Waals surface area contributed by atoms with E-state index in [9.17, 15) is 0 Å². The number of nitrogens with two attached hydrogens (primary N) is 2. The molecule has 0 aromatic rings. The highest BCUT2D eigenvalue weighted by atomic mass is 14.7. The summed E-state index contributed by atoms with van der Waals surface area (Å²) in [6.07, 6.45) is 10.7. The van der Waals surface area contributed by atoms with E-state index in [4.69, 9.17) is 11.5 Å². The van der Waals surface area contributed by atoms with Gasteiger partial charge in [0.15, 0.2) is 0 Å². The van der Waals surface area contributed by atoms with Gasteiger partial charge < -0.3 is 11.5 Å². The molecule has 2 fully saturated rings. The van der Waals surface area contributed by atoms with Gasteiger partial charge in [-0.05, 0) is 62.7 Å². The average molecular weight is 224 g/mol. The Labute approximate surface area is 100 Å². The summed E-state index contributed by atoms with van der Waals surface area (Å²) in [5, 5.41) is 0. The first-order valence-corrected chi connectivity index (χ1v) is 7.16. The monoisotopic (exact) mass is 224 g/mol. The molecule has 2 saturated carbocycles. The lowest BCUT2D eigenvalue weighted by atomic mass is 9.73. The molecule has 2 heteroatoms. The molecule has 0 heterocycles. The molecular weight excluding hydrogens is 196 g/mol. The van der Waals surface area contributed by atoms with Crippen molar-refractivity contribution in [3.05, 3.63) is 0 Å². The minimum absolute atomic E-state index is 0.463. The maximum absolute atomic E-state index is 6.18. The van der Waals surface area contributed by atoms with Gasteiger partial charge in [0, 0.05) is 12.1 Å². The third-order valence-corrected chi connectivity index (χ3v) is 4.92. The fourth-order valence-corrected chi connectivity index (χ4v) is 3.56. The quantitative estimate of drug-likeness (QED) is 0.757. The van der Waals surface area contributed by atoms with Crippen molar-refractivity contribution in [2.75, 3.05) is 0 Å². The van der Waals surface area contributed by atoms with Crippen molar-refractivity contribution in [1.82, 2.24) is 0 Å². The van der Waals surface area contributed by atoms with Crippen LogP contribution in [0, 0.1) is 17.8 Å². The zero-order chi connectivity index (χ0) is 11.5. The van der Waals surface area contributed by atoms with E-state index in [1.54, 1.807) is 0 Å². The largest absolute Gasteiger partial charge is 0.328 e. The van der Waals surface area contributed by atoms with Crippen LogP contribution in [0.4, 0.5) is 0 Å². The van der Waals surface area contributed by atoms with Gasteiger partial charge in [-0.3, -0.25) is 0 Å². The second-order valence-corrected chi connectivity index (χ2v) is 6.34. The van der Waals surface area contributed by atoms with E-state index in [1.807, 2.05) is 0 Å². The Bertz CT molecular complexity index is 209. The van der Waals surface area contributed by atoms with Crippen molar-refractivity contribution >= 4 is 0 Å². The number of hydrogen-bond acceptors (Lipinski definition) is 2. The van der Waals surface area contributed by atoms with E-state index < -0.39 is 0 Å². The summed E-state index contributed by atoms with van der Waals surface area (Å²) in [6, 6.07) is 0.953. The van der Waals surface area contributed by atoms with Crippen molar-refractivity contribution in [2.45, 2.75) is 70.4 Å². The molecular formula is C14H28N2. The maximum atomic E-state index is 6.18. The minimum atomic E-state index is 0.463. The zero-order valence-electron chi connectivity index (χ0n) is 10.7. The van der Waals surface area contributed by atoms with Crippen LogP contribution in [-0.2, 0) is 0 Å². The molecule has 94 valence electrons. The lowest BCUT2D eigenvalue weighted by Gasteiger charge is -2.35. The maximum Gasteiger partial charge on any atom is 0.00671 e. The first-order chi connectivity index (χ1) is 7.65. The van der Waals surface area contributed by atoms with Gasteiger partial charge in [0.1, 0.15) is 0 Å². The zero-order valence-corrected chi connectivity index (χ0v) is 10.7. The molecule has 3 unspecified atom stereocenters. The van der Waals surface area contributed by atoms with Crippen molar-refractivity contribution in [1.29, 1.82) is 0 Å². The topological polar surface area (TPSA) is 52.0 Å². The van der Waals surface area contributed by atoms with Crippen LogP contribution in [-0.4, -0.2) is 12.1 Å². The van der Waals surface area contributed by atoms with Gasteiger partial charge in [0.2, 0.25) is 0 Å². The van der Waals surface area contributed by atoms with Crippen LogP contribution in [0.25, 0.3) is 0 Å². The molecule has 0 radical (unpaired) electrons. The molecule has 2 nitrogen and oxygen atoms in total. The normalized spacial score (nSPS) is 45.6. The van der Waals surface area contributed by atoms with E-state index in [0.717, 1.165) is 17.8 Å². The molecule has 0 aliphatic heterocycles.